The maximum Gasteiger partial charge on any atom is 0.332 e. The molecule has 0 atom stereocenters. The Morgan fingerprint density at radius 2 is 1.33 bits per heavy atom. The van der Waals surface area contributed by atoms with Gasteiger partial charge in [0.1, 0.15) is 0 Å². The van der Waals surface area contributed by atoms with Gasteiger partial charge in [0.2, 0.25) is 0 Å². The molecule has 21 heavy (non-hydrogen) atoms. The summed E-state index contributed by atoms with van der Waals surface area (Å²) < 4.78 is 34.0. The molecule has 0 saturated heterocycles. The van der Waals surface area contributed by atoms with E-state index in [4.69, 9.17) is 0 Å². The number of halogens is 1. The minimum absolute atomic E-state index is 0.00431. The number of hydrogen-bond acceptors (Lipinski definition) is 4. The second-order valence-electron chi connectivity index (χ2n) is 4.19. The van der Waals surface area contributed by atoms with Crippen LogP contribution >= 0.6 is 0 Å². The maximum atomic E-state index is 12.7. The number of non-ortho nitro benzene ring substituents is 1. The van der Waals surface area contributed by atoms with Crippen molar-refractivity contribution in [3.05, 3.63) is 69.8 Å². The molecule has 0 amide bonds. The highest BCUT2D eigenvalue weighted by Crippen LogP contribution is 2.16. The quantitative estimate of drug-likeness (QED) is 0.375. The van der Waals surface area contributed by atoms with E-state index in [1.54, 1.807) is 24.3 Å². The van der Waals surface area contributed by atoms with E-state index in [9.17, 15) is 22.4 Å². The molecule has 0 aliphatic carbocycles. The molecule has 0 N–H and O–H groups in total. The molecular formula is C14H10FNO4S. The van der Waals surface area contributed by atoms with Crippen LogP contribution in [0, 0.1) is 10.1 Å². The van der Waals surface area contributed by atoms with Gasteiger partial charge in [-0.2, -0.15) is 8.42 Å². The Hall–Kier alpha value is -2.54. The van der Waals surface area contributed by atoms with Crippen molar-refractivity contribution in [1.29, 1.82) is 0 Å². The van der Waals surface area contributed by atoms with Crippen LogP contribution in [0.2, 0.25) is 0 Å². The molecule has 0 spiro atoms. The van der Waals surface area contributed by atoms with E-state index in [1.807, 2.05) is 0 Å². The highest BCUT2D eigenvalue weighted by atomic mass is 32.3. The van der Waals surface area contributed by atoms with Crippen molar-refractivity contribution in [1.82, 2.24) is 0 Å². The molecule has 0 aliphatic heterocycles. The summed E-state index contributed by atoms with van der Waals surface area (Å²) in [7, 11) is -4.69. The van der Waals surface area contributed by atoms with Crippen molar-refractivity contribution < 1.29 is 17.2 Å². The molecule has 0 aliphatic rings. The molecule has 7 heteroatoms. The Morgan fingerprint density at radius 3 is 1.71 bits per heavy atom. The monoisotopic (exact) mass is 307 g/mol. The first-order valence-corrected chi connectivity index (χ1v) is 7.22. The largest absolute Gasteiger partial charge is 0.332 e. The number of rotatable bonds is 4. The summed E-state index contributed by atoms with van der Waals surface area (Å²) in [5.74, 6) is 0. The van der Waals surface area contributed by atoms with E-state index in [-0.39, 0.29) is 5.69 Å². The molecule has 0 bridgehead atoms. The van der Waals surface area contributed by atoms with Crippen LogP contribution in [0.25, 0.3) is 12.2 Å². The lowest BCUT2D eigenvalue weighted by atomic mass is 10.1. The summed E-state index contributed by atoms with van der Waals surface area (Å²) in [4.78, 5) is 9.64. The van der Waals surface area contributed by atoms with Crippen LogP contribution in [0.4, 0.5) is 9.57 Å². The zero-order chi connectivity index (χ0) is 15.5. The Bertz CT molecular complexity index is 781. The fourth-order valence-corrected chi connectivity index (χ4v) is 2.10. The minimum atomic E-state index is -4.69. The predicted octanol–water partition coefficient (Wildman–Crippen LogP) is 3.42. The molecule has 0 unspecified atom stereocenters. The minimum Gasteiger partial charge on any atom is -0.258 e. The van der Waals surface area contributed by atoms with Crippen molar-refractivity contribution >= 4 is 28.1 Å². The number of nitro benzene ring substituents is 1. The Labute approximate surface area is 120 Å². The van der Waals surface area contributed by atoms with Gasteiger partial charge in [-0.05, 0) is 35.4 Å². The number of benzene rings is 2. The topological polar surface area (TPSA) is 77.3 Å². The molecule has 2 aromatic carbocycles. The molecule has 0 radical (unpaired) electrons. The molecular weight excluding hydrogens is 297 g/mol. The first-order valence-electron chi connectivity index (χ1n) is 5.83. The van der Waals surface area contributed by atoms with Gasteiger partial charge in [-0.25, -0.2) is 0 Å². The van der Waals surface area contributed by atoms with Gasteiger partial charge in [0.15, 0.2) is 0 Å². The third-order valence-electron chi connectivity index (χ3n) is 2.73. The van der Waals surface area contributed by atoms with Gasteiger partial charge in [0, 0.05) is 12.1 Å². The van der Waals surface area contributed by atoms with E-state index >= 15 is 0 Å². The van der Waals surface area contributed by atoms with Crippen LogP contribution in [0.3, 0.4) is 0 Å². The summed E-state index contributed by atoms with van der Waals surface area (Å²) in [6.45, 7) is 0. The molecule has 2 rings (SSSR count). The number of hydrogen-bond donors (Lipinski definition) is 0. The normalized spacial score (nSPS) is 11.7. The van der Waals surface area contributed by atoms with Gasteiger partial charge in [-0.3, -0.25) is 10.1 Å². The zero-order valence-corrected chi connectivity index (χ0v) is 11.5. The van der Waals surface area contributed by atoms with E-state index in [0.717, 1.165) is 5.56 Å². The fourth-order valence-electron chi connectivity index (χ4n) is 1.64. The van der Waals surface area contributed by atoms with E-state index in [1.165, 1.54) is 36.4 Å². The summed E-state index contributed by atoms with van der Waals surface area (Å²) in [6.07, 6.45) is 3.40. The van der Waals surface area contributed by atoms with Gasteiger partial charge in [0.25, 0.3) is 5.69 Å². The smallest absolute Gasteiger partial charge is 0.258 e. The summed E-state index contributed by atoms with van der Waals surface area (Å²) in [5.41, 5.74) is 1.44. The Kier molecular flexibility index (Phi) is 4.13. The summed E-state index contributed by atoms with van der Waals surface area (Å²) in [5, 5.41) is 10.5. The van der Waals surface area contributed by atoms with Crippen LogP contribution in [0.1, 0.15) is 11.1 Å². The first-order chi connectivity index (χ1) is 9.86. The van der Waals surface area contributed by atoms with Crippen LogP contribution in [-0.4, -0.2) is 13.3 Å². The second-order valence-corrected chi connectivity index (χ2v) is 5.54. The second kappa shape index (κ2) is 5.84. The van der Waals surface area contributed by atoms with Gasteiger partial charge >= 0.3 is 10.2 Å². The Morgan fingerprint density at radius 1 is 0.905 bits per heavy atom. The highest BCUT2D eigenvalue weighted by Gasteiger charge is 2.10. The standard InChI is InChI=1S/C14H10FNO4S/c15-21(19,20)14-9-5-12(6-10-14)2-1-11-3-7-13(8-4-11)16(17)18/h1-10H/b2-1-. The number of nitro groups is 1. The molecule has 5 nitrogen and oxygen atoms in total. The van der Waals surface area contributed by atoms with E-state index in [0.29, 0.717) is 5.56 Å². The lowest BCUT2D eigenvalue weighted by Crippen LogP contribution is -1.90. The van der Waals surface area contributed by atoms with Gasteiger partial charge in [-0.1, -0.05) is 24.3 Å². The molecule has 2 aromatic rings. The Balaban J connectivity index is 2.15. The molecule has 0 aromatic heterocycles. The van der Waals surface area contributed by atoms with Crippen LogP contribution in [0.5, 0.6) is 0 Å². The van der Waals surface area contributed by atoms with Crippen LogP contribution < -0.4 is 0 Å². The summed E-state index contributed by atoms with van der Waals surface area (Å²) in [6, 6.07) is 11.2. The molecule has 0 heterocycles. The van der Waals surface area contributed by atoms with Crippen LogP contribution in [0.15, 0.2) is 53.4 Å². The van der Waals surface area contributed by atoms with Crippen LogP contribution in [-0.2, 0) is 10.2 Å². The van der Waals surface area contributed by atoms with Crippen molar-refractivity contribution in [2.75, 3.05) is 0 Å². The number of nitrogens with zero attached hydrogens (tertiary/aromatic N) is 1. The highest BCUT2D eigenvalue weighted by molar-refractivity contribution is 7.86. The van der Waals surface area contributed by atoms with E-state index in [2.05, 4.69) is 0 Å². The summed E-state index contributed by atoms with van der Waals surface area (Å²) >= 11 is 0. The zero-order valence-electron chi connectivity index (χ0n) is 10.6. The van der Waals surface area contributed by atoms with E-state index < -0.39 is 20.0 Å². The third kappa shape index (κ3) is 3.96. The lowest BCUT2D eigenvalue weighted by Gasteiger charge is -1.97. The van der Waals surface area contributed by atoms with Gasteiger partial charge < -0.3 is 0 Å². The maximum absolute atomic E-state index is 12.7. The average Bonchev–Trinajstić information content (AvgIpc) is 2.45. The van der Waals surface area contributed by atoms with Gasteiger partial charge in [0.05, 0.1) is 9.82 Å². The molecule has 108 valence electrons. The predicted molar refractivity (Wildman–Crippen MR) is 76.8 cm³/mol. The lowest BCUT2D eigenvalue weighted by molar-refractivity contribution is -0.384. The fraction of sp³-hybridized carbons (Fsp3) is 0. The van der Waals surface area contributed by atoms with Crippen molar-refractivity contribution in [3.63, 3.8) is 0 Å². The van der Waals surface area contributed by atoms with Crippen molar-refractivity contribution in [2.45, 2.75) is 4.90 Å². The van der Waals surface area contributed by atoms with Gasteiger partial charge in [-0.15, -0.1) is 3.89 Å². The third-order valence-corrected chi connectivity index (χ3v) is 3.57. The SMILES string of the molecule is O=[N+]([O-])c1ccc(/C=C\c2ccc(S(=O)(=O)F)cc2)cc1. The van der Waals surface area contributed by atoms with Crippen molar-refractivity contribution in [2.24, 2.45) is 0 Å². The molecule has 0 saturated carbocycles. The van der Waals surface area contributed by atoms with Crippen molar-refractivity contribution in [3.8, 4) is 0 Å². The first kappa shape index (κ1) is 14.9. The molecule has 0 fully saturated rings. The average molecular weight is 307 g/mol.